The van der Waals surface area contributed by atoms with Crippen LogP contribution < -0.4 is 22.7 Å². The highest BCUT2D eigenvalue weighted by Gasteiger charge is 1.85. The van der Waals surface area contributed by atoms with Crippen LogP contribution in [0.3, 0.4) is 0 Å². The van der Waals surface area contributed by atoms with E-state index in [0.717, 1.165) is 11.9 Å². The van der Waals surface area contributed by atoms with Crippen LogP contribution in [0.15, 0.2) is 0 Å². The molecule has 0 saturated heterocycles. The third-order valence-corrected chi connectivity index (χ3v) is 1.69. The average molecular weight is 262 g/mol. The van der Waals surface area contributed by atoms with Crippen molar-refractivity contribution in [1.82, 2.24) is 0 Å². The van der Waals surface area contributed by atoms with Crippen molar-refractivity contribution >= 4 is 15.9 Å². The van der Waals surface area contributed by atoms with Gasteiger partial charge in [0.05, 0.1) is 6.54 Å². The fourth-order valence-corrected chi connectivity index (χ4v) is 1.02. The molecule has 0 atom stereocenters. The minimum atomic E-state index is 0. The summed E-state index contributed by atoms with van der Waals surface area (Å²) in [6.45, 7) is 1.10. The maximum atomic E-state index is 3.77. The molecular weight excluding hydrogens is 246 g/mol. The van der Waals surface area contributed by atoms with E-state index in [1.54, 1.807) is 0 Å². The van der Waals surface area contributed by atoms with Crippen LogP contribution in [0.1, 0.15) is 27.1 Å². The molecule has 9 heavy (non-hydrogen) atoms. The molecule has 0 aliphatic carbocycles. The number of unbranched alkanes of at least 4 members (excludes halogenated alkanes) is 3. The molecule has 3 heteroatoms. The van der Waals surface area contributed by atoms with Gasteiger partial charge in [-0.2, -0.15) is 0 Å². The van der Waals surface area contributed by atoms with Crippen molar-refractivity contribution in [2.24, 2.45) is 0 Å². The zero-order valence-corrected chi connectivity index (χ0v) is 8.88. The number of alkyl halides is 1. The van der Waals surface area contributed by atoms with Gasteiger partial charge >= 0.3 is 1.43 Å². The van der Waals surface area contributed by atoms with E-state index in [4.69, 9.17) is 0 Å². The van der Waals surface area contributed by atoms with Gasteiger partial charge in [0.25, 0.3) is 0 Å². The Morgan fingerprint density at radius 3 is 2.11 bits per heavy atom. The van der Waals surface area contributed by atoms with Gasteiger partial charge in [-0.3, -0.25) is 0 Å². The Labute approximate surface area is 77.8 Å². The van der Waals surface area contributed by atoms with Gasteiger partial charge in [-0.25, -0.2) is 0 Å². The second kappa shape index (κ2) is 11.7. The summed E-state index contributed by atoms with van der Waals surface area (Å²) < 4.78 is 0. The van der Waals surface area contributed by atoms with E-state index in [1.807, 2.05) is 0 Å². The molecule has 3 N–H and O–H groups in total. The third-order valence-electron chi connectivity index (χ3n) is 1.13. The quantitative estimate of drug-likeness (QED) is 0.452. The van der Waals surface area contributed by atoms with Gasteiger partial charge in [-0.1, -0.05) is 22.4 Å². The first-order valence-corrected chi connectivity index (χ1v) is 4.39. The van der Waals surface area contributed by atoms with E-state index < -0.39 is 0 Å². The van der Waals surface area contributed by atoms with Gasteiger partial charge in [-0.05, 0) is 19.3 Å². The summed E-state index contributed by atoms with van der Waals surface area (Å²) in [5.74, 6) is 0. The maximum absolute atomic E-state index is 3.77. The van der Waals surface area contributed by atoms with Crippen LogP contribution in [0, 0.1) is 0 Å². The first-order valence-electron chi connectivity index (χ1n) is 3.27. The highest BCUT2D eigenvalue weighted by Crippen LogP contribution is 1.99. The van der Waals surface area contributed by atoms with E-state index >= 15 is 0 Å². The minimum Gasteiger partial charge on any atom is -1.00 e. The number of quaternary nitrogens is 1. The monoisotopic (exact) mass is 260 g/mol. The fourth-order valence-electron chi connectivity index (χ4n) is 0.625. The van der Waals surface area contributed by atoms with Crippen molar-refractivity contribution in [1.29, 1.82) is 0 Å². The lowest BCUT2D eigenvalue weighted by atomic mass is 10.2. The topological polar surface area (TPSA) is 27.6 Å². The zero-order valence-electron chi connectivity index (χ0n) is 6.71. The largest absolute Gasteiger partial charge is 1.00 e. The van der Waals surface area contributed by atoms with Gasteiger partial charge in [-0.15, -0.1) is 0 Å². The molecule has 1 nitrogen and oxygen atoms in total. The number of rotatable bonds is 5. The van der Waals surface area contributed by atoms with E-state index in [2.05, 4.69) is 21.7 Å². The van der Waals surface area contributed by atoms with E-state index in [-0.39, 0.29) is 18.4 Å². The normalized spacial score (nSPS) is 8.67. The molecule has 0 aromatic carbocycles. The van der Waals surface area contributed by atoms with Crippen LogP contribution >= 0.6 is 15.9 Å². The van der Waals surface area contributed by atoms with Crippen molar-refractivity contribution in [3.8, 4) is 0 Å². The molecule has 0 bridgehead atoms. The van der Waals surface area contributed by atoms with Crippen LogP contribution in [0.25, 0.3) is 0 Å². The number of halogens is 2. The molecule has 0 amide bonds. The predicted octanol–water partition coefficient (Wildman–Crippen LogP) is -1.70. The maximum Gasteiger partial charge on any atom is 1.00 e. The minimum absolute atomic E-state index is 0. The molecule has 0 aromatic rings. The van der Waals surface area contributed by atoms with Gasteiger partial charge < -0.3 is 22.7 Å². The molecule has 0 heterocycles. The van der Waals surface area contributed by atoms with Crippen molar-refractivity contribution in [2.45, 2.75) is 25.7 Å². The standard InChI is InChI=1S/C6H14BrN.BrH/c7-5-3-1-2-4-6-8;/h1-6,8H2;1H/p+1. The van der Waals surface area contributed by atoms with E-state index in [1.165, 1.54) is 25.7 Å². The fraction of sp³-hybridized carbons (Fsp3) is 1.00. The molecule has 0 aliphatic rings. The molecule has 58 valence electrons. The number of hydrogen-bond donors (Lipinski definition) is 1. The van der Waals surface area contributed by atoms with Crippen LogP contribution in [-0.2, 0) is 0 Å². The molecule has 0 spiro atoms. The predicted molar refractivity (Wildman–Crippen MR) is 41.1 cm³/mol. The number of hydrogen-bond acceptors (Lipinski definition) is 0. The summed E-state index contributed by atoms with van der Waals surface area (Å²) in [5, 5.41) is 1.16. The average Bonchev–Trinajstić information content (AvgIpc) is 1.81. The van der Waals surface area contributed by atoms with Crippen LogP contribution in [0.4, 0.5) is 0 Å². The smallest absolute Gasteiger partial charge is 1.00 e. The second-order valence-electron chi connectivity index (χ2n) is 1.96. The molecule has 0 unspecified atom stereocenters. The van der Waals surface area contributed by atoms with Crippen LogP contribution in [0.2, 0.25) is 0 Å². The summed E-state index contributed by atoms with van der Waals surface area (Å²) in [5.41, 5.74) is 3.77. The summed E-state index contributed by atoms with van der Waals surface area (Å²) in [6.07, 6.45) is 5.34. The first-order chi connectivity index (χ1) is 3.91. The summed E-state index contributed by atoms with van der Waals surface area (Å²) in [6, 6.07) is 0. The molecule has 0 radical (unpaired) electrons. The molecule has 0 aliphatic heterocycles. The highest BCUT2D eigenvalue weighted by molar-refractivity contribution is 9.09. The SMILES string of the molecule is [Br-].[H+].[NH3+]CCCCCCBr. The lowest BCUT2D eigenvalue weighted by molar-refractivity contribution is -0.368. The molecule has 0 rings (SSSR count). The van der Waals surface area contributed by atoms with Gasteiger partial charge in [0.2, 0.25) is 0 Å². The highest BCUT2D eigenvalue weighted by atomic mass is 79.9. The Hall–Kier alpha value is 0.920. The molecule has 0 saturated carbocycles. The zero-order chi connectivity index (χ0) is 6.24. The molecule has 0 aromatic heterocycles. The Balaban J connectivity index is -0.000000245. The summed E-state index contributed by atoms with van der Waals surface area (Å²) >= 11 is 3.39. The van der Waals surface area contributed by atoms with Crippen molar-refractivity contribution in [3.05, 3.63) is 0 Å². The Bertz CT molecular complexity index is 40.7. The first kappa shape index (κ1) is 12.6. The van der Waals surface area contributed by atoms with Gasteiger partial charge in [0.15, 0.2) is 0 Å². The molecular formula is C6H16Br2N+. The Kier molecular flexibility index (Phi) is 16.3. The van der Waals surface area contributed by atoms with Crippen LogP contribution in [-0.4, -0.2) is 11.9 Å². The van der Waals surface area contributed by atoms with Crippen molar-refractivity contribution in [2.75, 3.05) is 11.9 Å². The Morgan fingerprint density at radius 2 is 1.67 bits per heavy atom. The van der Waals surface area contributed by atoms with Crippen LogP contribution in [0.5, 0.6) is 0 Å². The van der Waals surface area contributed by atoms with Crippen molar-refractivity contribution < 1.29 is 24.1 Å². The van der Waals surface area contributed by atoms with Gasteiger partial charge in [0.1, 0.15) is 0 Å². The summed E-state index contributed by atoms with van der Waals surface area (Å²) in [7, 11) is 0. The second-order valence-corrected chi connectivity index (χ2v) is 2.75. The summed E-state index contributed by atoms with van der Waals surface area (Å²) in [4.78, 5) is 0. The Morgan fingerprint density at radius 1 is 1.11 bits per heavy atom. The van der Waals surface area contributed by atoms with Crippen molar-refractivity contribution in [3.63, 3.8) is 0 Å². The lowest BCUT2D eigenvalue weighted by Crippen LogP contribution is -3.00. The molecule has 0 fully saturated rings. The lowest BCUT2D eigenvalue weighted by Gasteiger charge is -1.91. The van der Waals surface area contributed by atoms with E-state index in [0.29, 0.717) is 0 Å². The van der Waals surface area contributed by atoms with Gasteiger partial charge in [0, 0.05) is 5.33 Å². The third kappa shape index (κ3) is 12.2. The van der Waals surface area contributed by atoms with E-state index in [9.17, 15) is 0 Å².